The Kier molecular flexibility index (Phi) is 6.60. The number of hydrogen-bond acceptors (Lipinski definition) is 6. The fourth-order valence-electron chi connectivity index (χ4n) is 6.75. The van der Waals surface area contributed by atoms with Crippen molar-refractivity contribution in [3.05, 3.63) is 158 Å². The quantitative estimate of drug-likeness (QED) is 0.184. The lowest BCUT2D eigenvalue weighted by atomic mass is 10.00. The van der Waals surface area contributed by atoms with E-state index >= 15 is 0 Å². The predicted octanol–water partition coefficient (Wildman–Crippen LogP) is 11.9. The second-order valence-corrected chi connectivity index (χ2v) is 13.3. The Morgan fingerprint density at radius 2 is 1.10 bits per heavy atom. The molecule has 0 atom stereocenters. The lowest BCUT2D eigenvalue weighted by molar-refractivity contribution is 0.669. The van der Waals surface area contributed by atoms with Crippen molar-refractivity contribution in [2.75, 3.05) is 0 Å². The molecule has 0 unspecified atom stereocenters. The number of fused-ring (bicyclic) bond motifs is 6. The van der Waals surface area contributed by atoms with Gasteiger partial charge >= 0.3 is 0 Å². The van der Waals surface area contributed by atoms with Gasteiger partial charge in [-0.25, -0.2) is 19.9 Å². The minimum Gasteiger partial charge on any atom is -0.456 e. The van der Waals surface area contributed by atoms with Gasteiger partial charge in [-0.05, 0) is 36.4 Å². The summed E-state index contributed by atoms with van der Waals surface area (Å²) in [5.74, 6) is 1.38. The lowest BCUT2D eigenvalue weighted by Crippen LogP contribution is -1.96. The van der Waals surface area contributed by atoms with E-state index in [-0.39, 0.29) is 0 Å². The van der Waals surface area contributed by atoms with Gasteiger partial charge in [0.25, 0.3) is 0 Å². The van der Waals surface area contributed by atoms with Crippen LogP contribution < -0.4 is 0 Å². The Hall–Kier alpha value is -6.50. The van der Waals surface area contributed by atoms with Crippen molar-refractivity contribution < 1.29 is 4.42 Å². The molecular formula is C44H26N4OS. The first kappa shape index (κ1) is 28.5. The van der Waals surface area contributed by atoms with Gasteiger partial charge in [-0.15, -0.1) is 11.3 Å². The summed E-state index contributed by atoms with van der Waals surface area (Å²) in [6.45, 7) is 0. The van der Waals surface area contributed by atoms with Crippen LogP contribution >= 0.6 is 11.3 Å². The zero-order valence-corrected chi connectivity index (χ0v) is 27.4. The monoisotopic (exact) mass is 658 g/mol. The van der Waals surface area contributed by atoms with E-state index in [9.17, 15) is 0 Å². The van der Waals surface area contributed by atoms with Crippen LogP contribution in [0.5, 0.6) is 0 Å². The minimum absolute atomic E-state index is 0.675. The van der Waals surface area contributed by atoms with Gasteiger partial charge in [0, 0.05) is 48.7 Å². The Bertz CT molecular complexity index is 2810. The highest BCUT2D eigenvalue weighted by Crippen LogP contribution is 2.42. The number of rotatable bonds is 5. The smallest absolute Gasteiger partial charge is 0.160 e. The number of hydrogen-bond donors (Lipinski definition) is 0. The normalized spacial score (nSPS) is 11.6. The highest BCUT2D eigenvalue weighted by atomic mass is 32.1. The molecule has 0 fully saturated rings. The molecule has 4 aromatic heterocycles. The Labute approximate surface area is 291 Å². The molecule has 10 aromatic rings. The van der Waals surface area contributed by atoms with Crippen LogP contribution in [0.25, 0.3) is 98.8 Å². The molecule has 6 aromatic carbocycles. The Morgan fingerprint density at radius 3 is 1.86 bits per heavy atom. The fourth-order valence-corrected chi connectivity index (χ4v) is 7.90. The molecule has 0 saturated carbocycles. The fraction of sp³-hybridized carbons (Fsp3) is 0. The maximum Gasteiger partial charge on any atom is 0.160 e. The van der Waals surface area contributed by atoms with Crippen LogP contribution in [-0.4, -0.2) is 19.9 Å². The van der Waals surface area contributed by atoms with Crippen molar-refractivity contribution in [3.63, 3.8) is 0 Å². The molecule has 5 nitrogen and oxygen atoms in total. The summed E-state index contributed by atoms with van der Waals surface area (Å²) in [6, 6.07) is 53.7. The molecule has 0 amide bonds. The molecule has 0 saturated heterocycles. The third-order valence-electron chi connectivity index (χ3n) is 9.12. The van der Waals surface area contributed by atoms with E-state index in [0.29, 0.717) is 11.6 Å². The van der Waals surface area contributed by atoms with Crippen molar-refractivity contribution in [2.45, 2.75) is 0 Å². The summed E-state index contributed by atoms with van der Waals surface area (Å²) < 4.78 is 8.74. The van der Waals surface area contributed by atoms with Crippen molar-refractivity contribution in [3.8, 4) is 56.5 Å². The average molecular weight is 659 g/mol. The van der Waals surface area contributed by atoms with Crippen LogP contribution in [0.3, 0.4) is 0 Å². The largest absolute Gasteiger partial charge is 0.456 e. The van der Waals surface area contributed by atoms with E-state index in [1.54, 1.807) is 11.3 Å². The second-order valence-electron chi connectivity index (χ2n) is 12.2. The van der Waals surface area contributed by atoms with Crippen LogP contribution in [0.15, 0.2) is 162 Å². The van der Waals surface area contributed by atoms with E-state index in [1.807, 2.05) is 78.9 Å². The highest BCUT2D eigenvalue weighted by molar-refractivity contribution is 7.26. The number of furan rings is 1. The molecule has 0 bridgehead atoms. The zero-order valence-electron chi connectivity index (χ0n) is 26.6. The average Bonchev–Trinajstić information content (AvgIpc) is 3.76. The number of aromatic nitrogens is 4. The van der Waals surface area contributed by atoms with Gasteiger partial charge in [0.1, 0.15) is 11.2 Å². The third kappa shape index (κ3) is 4.77. The van der Waals surface area contributed by atoms with E-state index < -0.39 is 0 Å². The molecule has 0 aliphatic heterocycles. The Balaban J connectivity index is 1.22. The highest BCUT2D eigenvalue weighted by Gasteiger charge is 2.20. The first-order valence-electron chi connectivity index (χ1n) is 16.5. The van der Waals surface area contributed by atoms with Crippen LogP contribution in [-0.2, 0) is 0 Å². The van der Waals surface area contributed by atoms with Gasteiger partial charge in [0.05, 0.1) is 27.3 Å². The van der Waals surface area contributed by atoms with E-state index in [1.165, 1.54) is 4.70 Å². The molecule has 0 radical (unpaired) electrons. The van der Waals surface area contributed by atoms with Gasteiger partial charge in [0.2, 0.25) is 0 Å². The maximum atomic E-state index is 6.49. The zero-order chi connectivity index (χ0) is 33.0. The lowest BCUT2D eigenvalue weighted by Gasteiger charge is -2.10. The molecule has 0 aliphatic rings. The molecule has 234 valence electrons. The molecule has 6 heteroatoms. The molecule has 10 rings (SSSR count). The van der Waals surface area contributed by atoms with Gasteiger partial charge in [-0.2, -0.15) is 0 Å². The van der Waals surface area contributed by atoms with E-state index in [4.69, 9.17) is 24.4 Å². The van der Waals surface area contributed by atoms with Crippen LogP contribution in [0.2, 0.25) is 0 Å². The van der Waals surface area contributed by atoms with Gasteiger partial charge in [-0.1, -0.05) is 121 Å². The molecule has 50 heavy (non-hydrogen) atoms. The summed E-state index contributed by atoms with van der Waals surface area (Å²) in [4.78, 5) is 20.5. The summed E-state index contributed by atoms with van der Waals surface area (Å²) in [5, 5.41) is 3.15. The topological polar surface area (TPSA) is 64.7 Å². The summed E-state index contributed by atoms with van der Waals surface area (Å²) >= 11 is 1.73. The van der Waals surface area contributed by atoms with Crippen LogP contribution in [0, 0.1) is 0 Å². The van der Waals surface area contributed by atoms with Crippen molar-refractivity contribution in [1.82, 2.24) is 19.9 Å². The second kappa shape index (κ2) is 11.6. The summed E-state index contributed by atoms with van der Waals surface area (Å²) in [7, 11) is 0. The van der Waals surface area contributed by atoms with Crippen molar-refractivity contribution >= 4 is 53.6 Å². The van der Waals surface area contributed by atoms with Crippen molar-refractivity contribution in [2.24, 2.45) is 0 Å². The molecular weight excluding hydrogens is 633 g/mol. The number of thiophene rings is 1. The predicted molar refractivity (Wildman–Crippen MR) is 205 cm³/mol. The number of nitrogens with zero attached hydrogens (tertiary/aromatic N) is 4. The standard InChI is InChI=1S/C44H26N4OS/c1-4-13-27(14-5-1)34-26-35(46-43(45-34)28-15-6-2-7-16-28)31-20-12-21-37-39(31)33-25-30(23-24-36(33)49-37)40-42-41(32-19-10-11-22-38(32)50-42)48-44(47-40)29-17-8-3-9-18-29/h1-26H. The third-order valence-corrected chi connectivity index (χ3v) is 10.3. The van der Waals surface area contributed by atoms with E-state index in [2.05, 4.69) is 78.9 Å². The summed E-state index contributed by atoms with van der Waals surface area (Å²) in [5.41, 5.74) is 10.1. The minimum atomic E-state index is 0.675. The molecule has 4 heterocycles. The molecule has 0 aliphatic carbocycles. The molecule has 0 N–H and O–H groups in total. The number of benzene rings is 6. The van der Waals surface area contributed by atoms with Gasteiger partial charge < -0.3 is 4.42 Å². The Morgan fingerprint density at radius 1 is 0.440 bits per heavy atom. The molecule has 0 spiro atoms. The summed E-state index contributed by atoms with van der Waals surface area (Å²) in [6.07, 6.45) is 0. The van der Waals surface area contributed by atoms with Crippen LogP contribution in [0.4, 0.5) is 0 Å². The maximum absolute atomic E-state index is 6.49. The SMILES string of the molecule is c1ccc(-c2cc(-c3cccc4oc5ccc(-c6nc(-c7ccccc7)nc7c6sc6ccccc67)cc5c34)nc(-c3ccccc3)n2)cc1. The first-order chi connectivity index (χ1) is 24.8. The van der Waals surface area contributed by atoms with Gasteiger partial charge in [-0.3, -0.25) is 0 Å². The first-order valence-corrected chi connectivity index (χ1v) is 17.3. The van der Waals surface area contributed by atoms with Crippen LogP contribution in [0.1, 0.15) is 0 Å². The van der Waals surface area contributed by atoms with E-state index in [0.717, 1.165) is 82.4 Å². The van der Waals surface area contributed by atoms with Crippen molar-refractivity contribution in [1.29, 1.82) is 0 Å². The van der Waals surface area contributed by atoms with Gasteiger partial charge in [0.15, 0.2) is 11.6 Å².